The zero-order chi connectivity index (χ0) is 21.5. The minimum Gasteiger partial charge on any atom is -0.352 e. The molecule has 0 saturated heterocycles. The fourth-order valence-electron chi connectivity index (χ4n) is 4.11. The van der Waals surface area contributed by atoms with Crippen LogP contribution in [-0.2, 0) is 22.6 Å². The Labute approximate surface area is 180 Å². The van der Waals surface area contributed by atoms with Crippen molar-refractivity contribution in [2.75, 3.05) is 0 Å². The summed E-state index contributed by atoms with van der Waals surface area (Å²) in [4.78, 5) is 28.1. The monoisotopic (exact) mass is 406 g/mol. The molecule has 0 unspecified atom stereocenters. The molecular formula is C26H34N2O2. The lowest BCUT2D eigenvalue weighted by molar-refractivity contribution is -0.140. The molecule has 0 radical (unpaired) electrons. The maximum atomic E-state index is 13.3. The van der Waals surface area contributed by atoms with Gasteiger partial charge in [-0.15, -0.1) is 0 Å². The number of rotatable bonds is 7. The third-order valence-corrected chi connectivity index (χ3v) is 6.20. The van der Waals surface area contributed by atoms with E-state index in [4.69, 9.17) is 0 Å². The molecule has 2 aromatic carbocycles. The van der Waals surface area contributed by atoms with Crippen LogP contribution in [0.4, 0.5) is 0 Å². The summed E-state index contributed by atoms with van der Waals surface area (Å²) in [6, 6.07) is 15.8. The number of nitrogens with zero attached hydrogens (tertiary/aromatic N) is 1. The summed E-state index contributed by atoms with van der Waals surface area (Å²) < 4.78 is 0. The van der Waals surface area contributed by atoms with E-state index in [0.29, 0.717) is 13.0 Å². The Morgan fingerprint density at radius 1 is 1.00 bits per heavy atom. The average molecular weight is 407 g/mol. The van der Waals surface area contributed by atoms with E-state index in [-0.39, 0.29) is 17.9 Å². The van der Waals surface area contributed by atoms with Crippen LogP contribution >= 0.6 is 0 Å². The number of benzene rings is 2. The topological polar surface area (TPSA) is 49.4 Å². The molecule has 2 amide bonds. The van der Waals surface area contributed by atoms with Gasteiger partial charge in [-0.3, -0.25) is 9.59 Å². The maximum Gasteiger partial charge on any atom is 0.242 e. The Hall–Kier alpha value is -2.62. The van der Waals surface area contributed by atoms with Gasteiger partial charge in [0.2, 0.25) is 11.8 Å². The minimum atomic E-state index is -0.509. The molecule has 1 N–H and O–H groups in total. The lowest BCUT2D eigenvalue weighted by atomic mass is 9.95. The third-order valence-electron chi connectivity index (χ3n) is 6.20. The van der Waals surface area contributed by atoms with Gasteiger partial charge in [0.1, 0.15) is 6.04 Å². The first kappa shape index (κ1) is 22.1. The summed E-state index contributed by atoms with van der Waals surface area (Å²) in [5.74, 6) is -0.0664. The van der Waals surface area contributed by atoms with Crippen molar-refractivity contribution < 1.29 is 9.59 Å². The van der Waals surface area contributed by atoms with E-state index in [1.54, 1.807) is 4.90 Å². The quantitative estimate of drug-likeness (QED) is 0.724. The molecule has 4 heteroatoms. The van der Waals surface area contributed by atoms with Crippen LogP contribution in [-0.4, -0.2) is 28.8 Å². The van der Waals surface area contributed by atoms with E-state index >= 15 is 0 Å². The maximum absolute atomic E-state index is 13.3. The Morgan fingerprint density at radius 2 is 1.67 bits per heavy atom. The normalized spacial score (nSPS) is 15.4. The molecule has 0 bridgehead atoms. The second-order valence-electron chi connectivity index (χ2n) is 8.63. The SMILES string of the molecule is Cc1ccc(CN(C(=O)Cc2ccccc2C)[C@H](C)C(=O)NC2CCCCC2)cc1. The van der Waals surface area contributed by atoms with Gasteiger partial charge in [0, 0.05) is 12.6 Å². The largest absolute Gasteiger partial charge is 0.352 e. The summed E-state index contributed by atoms with van der Waals surface area (Å²) in [7, 11) is 0. The van der Waals surface area contributed by atoms with Crippen molar-refractivity contribution in [2.24, 2.45) is 0 Å². The van der Waals surface area contributed by atoms with Crippen molar-refractivity contribution in [3.8, 4) is 0 Å². The summed E-state index contributed by atoms with van der Waals surface area (Å²) in [5.41, 5.74) is 4.33. The summed E-state index contributed by atoms with van der Waals surface area (Å²) in [5, 5.41) is 3.19. The minimum absolute atomic E-state index is 0.0174. The van der Waals surface area contributed by atoms with Crippen LogP contribution < -0.4 is 5.32 Å². The predicted molar refractivity (Wildman–Crippen MR) is 121 cm³/mol. The second kappa shape index (κ2) is 10.4. The Balaban J connectivity index is 1.76. The van der Waals surface area contributed by atoms with Crippen LogP contribution in [0.5, 0.6) is 0 Å². The number of amides is 2. The smallest absolute Gasteiger partial charge is 0.242 e. The number of carbonyl (C=O) groups is 2. The molecule has 1 saturated carbocycles. The first-order valence-corrected chi connectivity index (χ1v) is 11.1. The fourth-order valence-corrected chi connectivity index (χ4v) is 4.11. The van der Waals surface area contributed by atoms with Crippen LogP contribution in [0, 0.1) is 13.8 Å². The van der Waals surface area contributed by atoms with Gasteiger partial charge in [0.15, 0.2) is 0 Å². The molecule has 0 spiro atoms. The number of carbonyl (C=O) groups excluding carboxylic acids is 2. The summed E-state index contributed by atoms with van der Waals surface area (Å²) in [6.45, 7) is 6.35. The van der Waals surface area contributed by atoms with Gasteiger partial charge in [-0.25, -0.2) is 0 Å². The Bertz CT molecular complexity index is 854. The fraction of sp³-hybridized carbons (Fsp3) is 0.462. The number of aryl methyl sites for hydroxylation is 2. The van der Waals surface area contributed by atoms with Crippen LogP contribution in [0.1, 0.15) is 61.3 Å². The van der Waals surface area contributed by atoms with E-state index < -0.39 is 6.04 Å². The number of hydrogen-bond acceptors (Lipinski definition) is 2. The zero-order valence-electron chi connectivity index (χ0n) is 18.5. The second-order valence-corrected chi connectivity index (χ2v) is 8.63. The van der Waals surface area contributed by atoms with Crippen LogP contribution in [0.3, 0.4) is 0 Å². The molecule has 0 aromatic heterocycles. The van der Waals surface area contributed by atoms with Crippen molar-refractivity contribution in [1.29, 1.82) is 0 Å². The standard InChI is InChI=1S/C26H34N2O2/c1-19-13-15-22(16-14-19)18-28(25(29)17-23-10-8-7-9-20(23)2)21(3)26(30)27-24-11-5-4-6-12-24/h7-10,13-16,21,24H,4-6,11-12,17-18H2,1-3H3,(H,27,30)/t21-/m1/s1. The van der Waals surface area contributed by atoms with E-state index in [2.05, 4.69) is 5.32 Å². The number of nitrogens with one attached hydrogen (secondary N) is 1. The highest BCUT2D eigenvalue weighted by molar-refractivity contribution is 5.88. The Morgan fingerprint density at radius 3 is 2.33 bits per heavy atom. The van der Waals surface area contributed by atoms with Gasteiger partial charge in [-0.2, -0.15) is 0 Å². The summed E-state index contributed by atoms with van der Waals surface area (Å²) >= 11 is 0. The van der Waals surface area contributed by atoms with Crippen molar-refractivity contribution in [1.82, 2.24) is 10.2 Å². The molecule has 30 heavy (non-hydrogen) atoms. The lowest BCUT2D eigenvalue weighted by Crippen LogP contribution is -2.50. The molecule has 0 aliphatic heterocycles. The van der Waals surface area contributed by atoms with Gasteiger partial charge < -0.3 is 10.2 Å². The van der Waals surface area contributed by atoms with Gasteiger partial charge >= 0.3 is 0 Å². The van der Waals surface area contributed by atoms with Gasteiger partial charge in [0.25, 0.3) is 0 Å². The summed E-state index contributed by atoms with van der Waals surface area (Å²) in [6.07, 6.45) is 5.95. The third kappa shape index (κ3) is 5.94. The van der Waals surface area contributed by atoms with Crippen molar-refractivity contribution in [3.05, 3.63) is 70.8 Å². The van der Waals surface area contributed by atoms with Crippen LogP contribution in [0.15, 0.2) is 48.5 Å². The van der Waals surface area contributed by atoms with Gasteiger partial charge in [-0.05, 0) is 50.3 Å². The van der Waals surface area contributed by atoms with Crippen molar-refractivity contribution >= 4 is 11.8 Å². The first-order valence-electron chi connectivity index (χ1n) is 11.1. The molecule has 1 atom stereocenters. The van der Waals surface area contributed by atoms with E-state index in [1.165, 1.54) is 24.8 Å². The molecule has 1 fully saturated rings. The van der Waals surface area contributed by atoms with E-state index in [1.807, 2.05) is 69.3 Å². The molecule has 0 heterocycles. The molecular weight excluding hydrogens is 372 g/mol. The van der Waals surface area contributed by atoms with Crippen LogP contribution in [0.2, 0.25) is 0 Å². The predicted octanol–water partition coefficient (Wildman–Crippen LogP) is 4.71. The van der Waals surface area contributed by atoms with Crippen LogP contribution in [0.25, 0.3) is 0 Å². The van der Waals surface area contributed by atoms with Gasteiger partial charge in [0.05, 0.1) is 6.42 Å². The molecule has 3 rings (SSSR count). The average Bonchev–Trinajstić information content (AvgIpc) is 2.75. The molecule has 2 aromatic rings. The molecule has 1 aliphatic rings. The van der Waals surface area contributed by atoms with Crippen molar-refractivity contribution in [2.45, 2.75) is 77.9 Å². The molecule has 1 aliphatic carbocycles. The first-order chi connectivity index (χ1) is 14.4. The molecule has 160 valence electrons. The Kier molecular flexibility index (Phi) is 7.67. The van der Waals surface area contributed by atoms with Gasteiger partial charge in [-0.1, -0.05) is 73.4 Å². The van der Waals surface area contributed by atoms with E-state index in [9.17, 15) is 9.59 Å². The number of hydrogen-bond donors (Lipinski definition) is 1. The van der Waals surface area contributed by atoms with Crippen molar-refractivity contribution in [3.63, 3.8) is 0 Å². The van der Waals surface area contributed by atoms with E-state index in [0.717, 1.165) is 29.5 Å². The highest BCUT2D eigenvalue weighted by atomic mass is 16.2. The lowest BCUT2D eigenvalue weighted by Gasteiger charge is -2.31. The zero-order valence-corrected chi connectivity index (χ0v) is 18.5. The highest BCUT2D eigenvalue weighted by Gasteiger charge is 2.28. The molecule has 4 nitrogen and oxygen atoms in total. The highest BCUT2D eigenvalue weighted by Crippen LogP contribution is 2.19.